The molecule has 0 heterocycles. The molecule has 10 aliphatic carbocycles. The molecule has 10 aliphatic rings. The Morgan fingerprint density at radius 2 is 0.926 bits per heavy atom. The van der Waals surface area contributed by atoms with Gasteiger partial charge >= 0.3 is 0 Å². The number of hydrogen-bond acceptors (Lipinski definition) is 1. The van der Waals surface area contributed by atoms with E-state index in [-0.39, 0.29) is 0 Å². The number of fused-ring (bicyclic) bond motifs is 15. The van der Waals surface area contributed by atoms with Crippen LogP contribution >= 0.6 is 0 Å². The lowest BCUT2D eigenvalue weighted by Gasteiger charge is -2.58. The van der Waals surface area contributed by atoms with Crippen molar-refractivity contribution in [3.05, 3.63) is 0 Å². The minimum atomic E-state index is 0.557. The summed E-state index contributed by atoms with van der Waals surface area (Å²) in [6, 6.07) is 0. The van der Waals surface area contributed by atoms with Crippen LogP contribution in [-0.2, 0) is 4.79 Å². The first-order chi connectivity index (χ1) is 13.3. The Hall–Kier alpha value is -0.330. The van der Waals surface area contributed by atoms with E-state index in [1.165, 1.54) is 32.1 Å². The fourth-order valence-corrected chi connectivity index (χ4v) is 13.5. The van der Waals surface area contributed by atoms with E-state index in [4.69, 9.17) is 0 Å². The third-order valence-electron chi connectivity index (χ3n) is 13.3. The predicted octanol–water partition coefficient (Wildman–Crippen LogP) is 5.05. The van der Waals surface area contributed by atoms with E-state index in [2.05, 4.69) is 0 Å². The molecule has 0 aliphatic heterocycles. The summed E-state index contributed by atoms with van der Waals surface area (Å²) >= 11 is 0. The van der Waals surface area contributed by atoms with Crippen molar-refractivity contribution in [2.45, 2.75) is 57.8 Å². The Kier molecular flexibility index (Phi) is 2.38. The van der Waals surface area contributed by atoms with Crippen LogP contribution in [0.3, 0.4) is 0 Å². The first-order valence-electron chi connectivity index (χ1n) is 12.8. The maximum absolute atomic E-state index is 14.0. The van der Waals surface area contributed by atoms with Gasteiger partial charge in [0.15, 0.2) is 0 Å². The molecular weight excluding hydrogens is 328 g/mol. The van der Waals surface area contributed by atoms with Crippen LogP contribution in [0.5, 0.6) is 0 Å². The van der Waals surface area contributed by atoms with Crippen LogP contribution in [0.25, 0.3) is 0 Å². The topological polar surface area (TPSA) is 17.1 Å². The minimum absolute atomic E-state index is 0.557. The summed E-state index contributed by atoms with van der Waals surface area (Å²) in [5.74, 6) is 15.8. The van der Waals surface area contributed by atoms with E-state index in [1.807, 2.05) is 0 Å². The van der Waals surface area contributed by atoms with Gasteiger partial charge < -0.3 is 0 Å². The van der Waals surface area contributed by atoms with Gasteiger partial charge in [0.2, 0.25) is 0 Å². The lowest BCUT2D eigenvalue weighted by Crippen LogP contribution is -2.54. The monoisotopic (exact) mass is 362 g/mol. The van der Waals surface area contributed by atoms with Crippen molar-refractivity contribution in [2.75, 3.05) is 0 Å². The predicted molar refractivity (Wildman–Crippen MR) is 102 cm³/mol. The molecule has 10 fully saturated rings. The Morgan fingerprint density at radius 1 is 0.444 bits per heavy atom. The minimum Gasteiger partial charge on any atom is -0.299 e. The summed E-state index contributed by atoms with van der Waals surface area (Å²) < 4.78 is 0. The fourth-order valence-electron chi connectivity index (χ4n) is 13.5. The number of ketones is 1. The number of hydrogen-bond donors (Lipinski definition) is 0. The molecule has 8 bridgehead atoms. The third-order valence-corrected chi connectivity index (χ3v) is 13.3. The maximum atomic E-state index is 14.0. The zero-order valence-corrected chi connectivity index (χ0v) is 16.5. The zero-order valence-electron chi connectivity index (χ0n) is 16.5. The molecule has 0 spiro atoms. The van der Waals surface area contributed by atoms with Crippen LogP contribution in [0.2, 0.25) is 0 Å². The molecule has 1 heteroatoms. The number of rotatable bonds is 0. The summed E-state index contributed by atoms with van der Waals surface area (Å²) in [5.41, 5.74) is 0. The second kappa shape index (κ2) is 4.39. The number of carbonyl (C=O) groups excluding carboxylic acids is 1. The Bertz CT molecular complexity index is 755. The van der Waals surface area contributed by atoms with Crippen molar-refractivity contribution in [2.24, 2.45) is 94.7 Å². The molecule has 0 N–H and O–H groups in total. The highest BCUT2D eigenvalue weighted by atomic mass is 16.1. The Labute approximate surface area is 163 Å². The largest absolute Gasteiger partial charge is 0.299 e. The lowest BCUT2D eigenvalue weighted by atomic mass is 9.46. The third kappa shape index (κ3) is 1.36. The van der Waals surface area contributed by atoms with Crippen LogP contribution in [0.15, 0.2) is 0 Å². The van der Waals surface area contributed by atoms with Gasteiger partial charge in [0, 0.05) is 11.8 Å². The molecule has 0 amide bonds. The highest BCUT2D eigenvalue weighted by Gasteiger charge is 2.76. The molecule has 10 rings (SSSR count). The SMILES string of the molecule is O=C1C2C3CCC(C2C2C1[C@@H]1C[C@@H]2C2C1C1CC[C@@H]2C1)C1C3[C@@H]2CC[C@@H]1C2. The average Bonchev–Trinajstić information content (AvgIpc) is 3.51. The van der Waals surface area contributed by atoms with Crippen molar-refractivity contribution >= 4 is 5.78 Å². The van der Waals surface area contributed by atoms with Gasteiger partial charge in [-0.25, -0.2) is 0 Å². The average molecular weight is 363 g/mol. The molecule has 27 heavy (non-hydrogen) atoms. The quantitative estimate of drug-likeness (QED) is 0.551. The van der Waals surface area contributed by atoms with Gasteiger partial charge in [-0.15, -0.1) is 0 Å². The van der Waals surface area contributed by atoms with E-state index in [9.17, 15) is 4.79 Å². The van der Waals surface area contributed by atoms with Crippen LogP contribution < -0.4 is 0 Å². The first kappa shape index (κ1) is 14.6. The van der Waals surface area contributed by atoms with Gasteiger partial charge in [-0.2, -0.15) is 0 Å². The molecule has 1 nitrogen and oxygen atoms in total. The van der Waals surface area contributed by atoms with E-state index >= 15 is 0 Å². The normalized spacial score (nSPS) is 73.4. The summed E-state index contributed by atoms with van der Waals surface area (Å²) in [5, 5.41) is 0. The highest BCUT2D eigenvalue weighted by Crippen LogP contribution is 2.78. The van der Waals surface area contributed by atoms with Gasteiger partial charge in [-0.3, -0.25) is 4.79 Å². The van der Waals surface area contributed by atoms with Crippen LogP contribution in [0.1, 0.15) is 57.8 Å². The van der Waals surface area contributed by atoms with E-state index in [1.54, 1.807) is 25.7 Å². The van der Waals surface area contributed by atoms with Gasteiger partial charge in [0.1, 0.15) is 5.78 Å². The van der Waals surface area contributed by atoms with Crippen molar-refractivity contribution in [1.82, 2.24) is 0 Å². The van der Waals surface area contributed by atoms with Crippen LogP contribution in [0, 0.1) is 94.7 Å². The zero-order chi connectivity index (χ0) is 17.2. The molecule has 0 aromatic heterocycles. The lowest BCUT2D eigenvalue weighted by molar-refractivity contribution is -0.140. The molecular formula is C26H34O. The van der Waals surface area contributed by atoms with Crippen molar-refractivity contribution < 1.29 is 4.79 Å². The van der Waals surface area contributed by atoms with Crippen molar-refractivity contribution in [3.63, 3.8) is 0 Å². The summed E-state index contributed by atoms with van der Waals surface area (Å²) in [6.07, 6.45) is 13.7. The summed E-state index contributed by atoms with van der Waals surface area (Å²) in [4.78, 5) is 14.0. The number of Topliss-reactive ketones (excluding diaryl/α,β-unsaturated/α-hetero) is 1. The summed E-state index contributed by atoms with van der Waals surface area (Å²) in [6.45, 7) is 0. The van der Waals surface area contributed by atoms with E-state index < -0.39 is 0 Å². The van der Waals surface area contributed by atoms with Gasteiger partial charge in [0.05, 0.1) is 0 Å². The molecule has 0 radical (unpaired) electrons. The van der Waals surface area contributed by atoms with Gasteiger partial charge in [-0.05, 0) is 141 Å². The molecule has 0 saturated heterocycles. The second-order valence-corrected chi connectivity index (χ2v) is 13.1. The molecule has 144 valence electrons. The molecule has 16 atom stereocenters. The van der Waals surface area contributed by atoms with Crippen molar-refractivity contribution in [1.29, 1.82) is 0 Å². The second-order valence-electron chi connectivity index (χ2n) is 13.1. The Morgan fingerprint density at radius 3 is 1.63 bits per heavy atom. The Balaban J connectivity index is 1.17. The smallest absolute Gasteiger partial charge is 0.140 e. The van der Waals surface area contributed by atoms with Gasteiger partial charge in [0.25, 0.3) is 0 Å². The standard InChI is InChI=1S/C26H34O/c27-26-24-15-6-5-14(18-10-1-2-11(7-10)19(15)18)22(24)23-16-9-17(25(23)26)21-13-4-3-12(8-13)20(16)21/h10-25H,1-9H2/t10-,11-,12-,13?,14?,15?,16-,17-,18?,19?,20?,21?,22?,23?,24?,25?/m1/s1. The molecule has 0 aromatic rings. The van der Waals surface area contributed by atoms with Crippen LogP contribution in [-0.4, -0.2) is 5.78 Å². The van der Waals surface area contributed by atoms with Gasteiger partial charge in [-0.1, -0.05) is 0 Å². The number of carbonyl (C=O) groups is 1. The van der Waals surface area contributed by atoms with E-state index in [0.29, 0.717) is 11.8 Å². The van der Waals surface area contributed by atoms with Crippen molar-refractivity contribution in [3.8, 4) is 0 Å². The summed E-state index contributed by atoms with van der Waals surface area (Å²) in [7, 11) is 0. The fraction of sp³-hybridized carbons (Fsp3) is 0.962. The molecule has 11 unspecified atom stereocenters. The first-order valence-corrected chi connectivity index (χ1v) is 12.8. The molecule has 10 saturated carbocycles. The molecule has 0 aromatic carbocycles. The maximum Gasteiger partial charge on any atom is 0.140 e. The van der Waals surface area contributed by atoms with E-state index in [0.717, 1.165) is 88.6 Å². The van der Waals surface area contributed by atoms with Crippen LogP contribution in [0.4, 0.5) is 0 Å². The highest BCUT2D eigenvalue weighted by molar-refractivity contribution is 5.88.